The van der Waals surface area contributed by atoms with E-state index in [9.17, 15) is 9.90 Å². The summed E-state index contributed by atoms with van der Waals surface area (Å²) in [5.41, 5.74) is -0.292. The van der Waals surface area contributed by atoms with Gasteiger partial charge in [0.05, 0.1) is 12.0 Å². The summed E-state index contributed by atoms with van der Waals surface area (Å²) in [5, 5.41) is 18.3. The SMILES string of the molecule is CC1(C(=O)O)CC2C(C1)C1(COO)CCC2(C)C1. The van der Waals surface area contributed by atoms with Crippen molar-refractivity contribution in [2.75, 3.05) is 6.61 Å². The maximum atomic E-state index is 11.5. The molecule has 3 fully saturated rings. The van der Waals surface area contributed by atoms with E-state index in [-0.39, 0.29) is 10.8 Å². The predicted octanol–water partition coefficient (Wildman–Crippen LogP) is 2.78. The summed E-state index contributed by atoms with van der Waals surface area (Å²) in [5.74, 6) is 0.229. The van der Waals surface area contributed by atoms with E-state index in [1.165, 1.54) is 0 Å². The van der Waals surface area contributed by atoms with Crippen molar-refractivity contribution in [3.8, 4) is 0 Å². The van der Waals surface area contributed by atoms with E-state index >= 15 is 0 Å². The van der Waals surface area contributed by atoms with Gasteiger partial charge in [0, 0.05) is 5.41 Å². The van der Waals surface area contributed by atoms with Crippen LogP contribution in [0.3, 0.4) is 0 Å². The van der Waals surface area contributed by atoms with Crippen LogP contribution >= 0.6 is 0 Å². The Hall–Kier alpha value is -0.610. The van der Waals surface area contributed by atoms with Crippen LogP contribution in [0.4, 0.5) is 0 Å². The summed E-state index contributed by atoms with van der Waals surface area (Å²) in [4.78, 5) is 16.0. The normalized spacial score (nSPS) is 53.7. The molecule has 0 aliphatic heterocycles. The first-order valence-electron chi connectivity index (χ1n) is 6.85. The highest BCUT2D eigenvalue weighted by Crippen LogP contribution is 2.73. The molecule has 0 amide bonds. The van der Waals surface area contributed by atoms with Gasteiger partial charge in [0.1, 0.15) is 0 Å². The lowest BCUT2D eigenvalue weighted by molar-refractivity contribution is -0.266. The zero-order valence-corrected chi connectivity index (χ0v) is 11.1. The van der Waals surface area contributed by atoms with Gasteiger partial charge in [-0.2, -0.15) is 0 Å². The van der Waals surface area contributed by atoms with E-state index in [0.717, 1.165) is 32.1 Å². The molecule has 4 nitrogen and oxygen atoms in total. The molecule has 0 aromatic carbocycles. The minimum absolute atomic E-state index is 0.0291. The lowest BCUT2D eigenvalue weighted by atomic mass is 9.69. The molecule has 18 heavy (non-hydrogen) atoms. The third kappa shape index (κ3) is 1.36. The van der Waals surface area contributed by atoms with Gasteiger partial charge in [0.15, 0.2) is 0 Å². The molecule has 102 valence electrons. The minimum Gasteiger partial charge on any atom is -0.481 e. The molecule has 3 saturated carbocycles. The van der Waals surface area contributed by atoms with E-state index in [0.29, 0.717) is 18.4 Å². The number of hydrogen-bond donors (Lipinski definition) is 2. The monoisotopic (exact) mass is 254 g/mol. The van der Waals surface area contributed by atoms with Crippen LogP contribution in [0.25, 0.3) is 0 Å². The Labute approximate surface area is 107 Å². The van der Waals surface area contributed by atoms with Crippen molar-refractivity contribution in [3.63, 3.8) is 0 Å². The molecular formula is C14H22O4. The van der Waals surface area contributed by atoms with Crippen LogP contribution < -0.4 is 0 Å². The van der Waals surface area contributed by atoms with Gasteiger partial charge in [-0.3, -0.25) is 10.1 Å². The van der Waals surface area contributed by atoms with Crippen molar-refractivity contribution >= 4 is 5.97 Å². The van der Waals surface area contributed by atoms with Crippen molar-refractivity contribution in [2.24, 2.45) is 28.1 Å². The van der Waals surface area contributed by atoms with Crippen molar-refractivity contribution in [2.45, 2.75) is 46.0 Å². The van der Waals surface area contributed by atoms with E-state index in [2.05, 4.69) is 11.8 Å². The van der Waals surface area contributed by atoms with Crippen LogP contribution in [-0.4, -0.2) is 22.9 Å². The van der Waals surface area contributed by atoms with Crippen molar-refractivity contribution < 1.29 is 20.0 Å². The first kappa shape index (κ1) is 12.4. The van der Waals surface area contributed by atoms with Crippen molar-refractivity contribution in [3.05, 3.63) is 0 Å². The highest BCUT2D eigenvalue weighted by molar-refractivity contribution is 5.74. The molecule has 5 unspecified atom stereocenters. The smallest absolute Gasteiger partial charge is 0.309 e. The number of aliphatic carboxylic acids is 1. The number of carbonyl (C=O) groups is 1. The topological polar surface area (TPSA) is 66.8 Å². The largest absolute Gasteiger partial charge is 0.481 e. The molecule has 0 aromatic heterocycles. The van der Waals surface area contributed by atoms with Crippen LogP contribution in [0.1, 0.15) is 46.0 Å². The number of carboxylic acid groups (broad SMARTS) is 1. The summed E-state index contributed by atoms with van der Waals surface area (Å²) in [6.45, 7) is 4.55. The highest BCUT2D eigenvalue weighted by Gasteiger charge is 2.68. The van der Waals surface area contributed by atoms with Crippen LogP contribution in [0, 0.1) is 28.1 Å². The fourth-order valence-electron chi connectivity index (χ4n) is 5.40. The number of carboxylic acids is 1. The average Bonchev–Trinajstić information content (AvgIpc) is 2.86. The van der Waals surface area contributed by atoms with Crippen LogP contribution in [-0.2, 0) is 9.68 Å². The molecule has 4 heteroatoms. The second-order valence-electron chi connectivity index (χ2n) is 7.45. The molecule has 0 radical (unpaired) electrons. The van der Waals surface area contributed by atoms with E-state index in [4.69, 9.17) is 5.26 Å². The fraction of sp³-hybridized carbons (Fsp3) is 0.929. The van der Waals surface area contributed by atoms with E-state index < -0.39 is 11.4 Å². The Morgan fingerprint density at radius 3 is 2.56 bits per heavy atom. The fourth-order valence-corrected chi connectivity index (χ4v) is 5.40. The Balaban J connectivity index is 1.94. The molecule has 3 rings (SSSR count). The summed E-state index contributed by atoms with van der Waals surface area (Å²) < 4.78 is 0. The summed E-state index contributed by atoms with van der Waals surface area (Å²) >= 11 is 0. The summed E-state index contributed by atoms with van der Waals surface area (Å²) in [6.07, 6.45) is 4.84. The van der Waals surface area contributed by atoms with Gasteiger partial charge >= 0.3 is 5.97 Å². The van der Waals surface area contributed by atoms with Crippen molar-refractivity contribution in [1.82, 2.24) is 0 Å². The van der Waals surface area contributed by atoms with Gasteiger partial charge < -0.3 is 5.11 Å². The molecule has 5 atom stereocenters. The van der Waals surface area contributed by atoms with Crippen LogP contribution in [0.2, 0.25) is 0 Å². The van der Waals surface area contributed by atoms with Gasteiger partial charge in [0.2, 0.25) is 0 Å². The first-order valence-corrected chi connectivity index (χ1v) is 6.85. The van der Waals surface area contributed by atoms with Gasteiger partial charge in [-0.05, 0) is 56.3 Å². The lowest BCUT2D eigenvalue weighted by Gasteiger charge is -2.36. The van der Waals surface area contributed by atoms with Crippen LogP contribution in [0.5, 0.6) is 0 Å². The Bertz CT molecular complexity index is 391. The standard InChI is InChI=1S/C14H22O4/c1-12-3-4-14(7-12,8-18-17)10-6-13(2,11(15)16)5-9(10)12/h9-10,17H,3-8H2,1-2H3,(H,15,16). The molecule has 2 bridgehead atoms. The zero-order valence-electron chi connectivity index (χ0n) is 11.1. The molecule has 3 aliphatic carbocycles. The Morgan fingerprint density at radius 1 is 1.28 bits per heavy atom. The van der Waals surface area contributed by atoms with E-state index in [1.54, 1.807) is 0 Å². The molecule has 0 aromatic rings. The average molecular weight is 254 g/mol. The third-order valence-electron chi connectivity index (χ3n) is 6.33. The molecule has 2 N–H and O–H groups in total. The van der Waals surface area contributed by atoms with E-state index in [1.807, 2.05) is 6.92 Å². The maximum absolute atomic E-state index is 11.5. The number of hydrogen-bond acceptors (Lipinski definition) is 3. The summed E-state index contributed by atoms with van der Waals surface area (Å²) in [7, 11) is 0. The van der Waals surface area contributed by atoms with Gasteiger partial charge in [-0.25, -0.2) is 4.89 Å². The summed E-state index contributed by atoms with van der Waals surface area (Å²) in [6, 6.07) is 0. The second kappa shape index (κ2) is 3.48. The second-order valence-corrected chi connectivity index (χ2v) is 7.45. The minimum atomic E-state index is -0.667. The third-order valence-corrected chi connectivity index (χ3v) is 6.33. The van der Waals surface area contributed by atoms with Crippen molar-refractivity contribution in [1.29, 1.82) is 0 Å². The predicted molar refractivity (Wildman–Crippen MR) is 64.9 cm³/mol. The number of rotatable bonds is 3. The quantitative estimate of drug-likeness (QED) is 0.600. The molecule has 0 saturated heterocycles. The Morgan fingerprint density at radius 2 is 1.94 bits per heavy atom. The molecule has 0 spiro atoms. The van der Waals surface area contributed by atoms with Gasteiger partial charge in [0.25, 0.3) is 0 Å². The lowest BCUT2D eigenvalue weighted by Crippen LogP contribution is -2.33. The van der Waals surface area contributed by atoms with Gasteiger partial charge in [-0.1, -0.05) is 6.92 Å². The maximum Gasteiger partial charge on any atom is 0.309 e. The first-order chi connectivity index (χ1) is 8.35. The van der Waals surface area contributed by atoms with Gasteiger partial charge in [-0.15, -0.1) is 0 Å². The van der Waals surface area contributed by atoms with Crippen LogP contribution in [0.15, 0.2) is 0 Å². The molecular weight excluding hydrogens is 232 g/mol. The highest BCUT2D eigenvalue weighted by atomic mass is 17.1. The molecule has 3 aliphatic rings. The molecule has 0 heterocycles. The Kier molecular flexibility index (Phi) is 2.40. The number of fused-ring (bicyclic) bond motifs is 5. The zero-order chi connectivity index (χ0) is 13.2.